The fourth-order valence-electron chi connectivity index (χ4n) is 3.66. The third kappa shape index (κ3) is 3.85. The van der Waals surface area contributed by atoms with E-state index in [2.05, 4.69) is 10.3 Å². The maximum atomic E-state index is 14.4. The first-order valence-corrected chi connectivity index (χ1v) is 9.25. The number of nitrogens with zero attached hydrogens (tertiary/aromatic N) is 1. The standard InChI is InChI=1S/C21H23F2N3O4/c1-10-15(12-5-6-13(22)16(23)17(12)29-4)18(30-21(10,2)3)20(28)26-11-7-8-25-14(9-11)19(24)27/h5-10,15,18H,1-4H3,(H2,24,27)(H,25,26,28)/t10-,15-,18+/m0/s1/i9D. The molecule has 1 aromatic heterocycles. The van der Waals surface area contributed by atoms with E-state index in [1.54, 1.807) is 13.8 Å². The number of nitrogens with two attached hydrogens (primary N) is 1. The van der Waals surface area contributed by atoms with Crippen molar-refractivity contribution in [3.05, 3.63) is 53.3 Å². The van der Waals surface area contributed by atoms with E-state index in [4.69, 9.17) is 16.6 Å². The Bertz CT molecular complexity index is 1050. The van der Waals surface area contributed by atoms with Gasteiger partial charge in [-0.15, -0.1) is 0 Å². The van der Waals surface area contributed by atoms with E-state index in [1.807, 2.05) is 6.92 Å². The highest BCUT2D eigenvalue weighted by Gasteiger charge is 2.51. The molecule has 1 aliphatic heterocycles. The number of amides is 2. The fourth-order valence-corrected chi connectivity index (χ4v) is 3.66. The van der Waals surface area contributed by atoms with Crippen LogP contribution in [0.4, 0.5) is 14.5 Å². The normalized spacial score (nSPS) is 23.0. The van der Waals surface area contributed by atoms with E-state index in [-0.39, 0.29) is 29.1 Å². The lowest BCUT2D eigenvalue weighted by molar-refractivity contribution is -0.131. The molecule has 0 saturated carbocycles. The maximum absolute atomic E-state index is 14.4. The average Bonchev–Trinajstić information content (AvgIpc) is 2.94. The van der Waals surface area contributed by atoms with Crippen LogP contribution in [0.5, 0.6) is 5.75 Å². The number of anilines is 1. The van der Waals surface area contributed by atoms with Crippen LogP contribution >= 0.6 is 0 Å². The number of rotatable bonds is 5. The minimum Gasteiger partial charge on any atom is -0.493 e. The average molecular weight is 420 g/mol. The molecule has 2 amide bonds. The van der Waals surface area contributed by atoms with Crippen molar-refractivity contribution in [2.75, 3.05) is 12.4 Å². The number of carbonyl (C=O) groups is 2. The van der Waals surface area contributed by atoms with Crippen molar-refractivity contribution in [3.8, 4) is 5.75 Å². The Kier molecular flexibility index (Phi) is 5.38. The van der Waals surface area contributed by atoms with Crippen molar-refractivity contribution in [2.45, 2.75) is 38.4 Å². The number of hydrogen-bond donors (Lipinski definition) is 2. The first kappa shape index (κ1) is 20.2. The number of nitrogens with one attached hydrogen (secondary N) is 1. The number of ether oxygens (including phenoxy) is 2. The lowest BCUT2D eigenvalue weighted by Gasteiger charge is -2.25. The smallest absolute Gasteiger partial charge is 0.267 e. The second kappa shape index (κ2) is 7.98. The molecule has 3 atom stereocenters. The Balaban J connectivity index is 2.02. The summed E-state index contributed by atoms with van der Waals surface area (Å²) < 4.78 is 47.3. The third-order valence-electron chi connectivity index (χ3n) is 5.48. The van der Waals surface area contributed by atoms with E-state index in [0.29, 0.717) is 5.56 Å². The molecule has 1 aliphatic rings. The molecule has 1 aromatic carbocycles. The van der Waals surface area contributed by atoms with Gasteiger partial charge in [0.1, 0.15) is 11.8 Å². The Morgan fingerprint density at radius 2 is 2.03 bits per heavy atom. The number of methoxy groups -OCH3 is 1. The quantitative estimate of drug-likeness (QED) is 0.774. The van der Waals surface area contributed by atoms with Gasteiger partial charge in [-0.2, -0.15) is 4.39 Å². The molecular formula is C21H23F2N3O4. The zero-order valence-electron chi connectivity index (χ0n) is 18.0. The Hall–Kier alpha value is -3.07. The summed E-state index contributed by atoms with van der Waals surface area (Å²) in [5.74, 6) is -4.99. The number of benzene rings is 1. The molecule has 30 heavy (non-hydrogen) atoms. The van der Waals surface area contributed by atoms with Gasteiger partial charge in [0.05, 0.1) is 14.1 Å². The summed E-state index contributed by atoms with van der Waals surface area (Å²) in [6, 6.07) is 3.36. The number of halogens is 2. The second-order valence-corrected chi connectivity index (χ2v) is 7.63. The Labute approximate surface area is 174 Å². The van der Waals surface area contributed by atoms with Crippen LogP contribution in [0.2, 0.25) is 0 Å². The summed E-state index contributed by atoms with van der Waals surface area (Å²) in [5.41, 5.74) is 4.45. The van der Waals surface area contributed by atoms with E-state index in [0.717, 1.165) is 6.07 Å². The van der Waals surface area contributed by atoms with Gasteiger partial charge >= 0.3 is 0 Å². The number of aromatic nitrogens is 1. The molecule has 3 rings (SSSR count). The van der Waals surface area contributed by atoms with Crippen molar-refractivity contribution < 1.29 is 29.2 Å². The number of pyridine rings is 1. The van der Waals surface area contributed by atoms with E-state index in [9.17, 15) is 18.4 Å². The molecule has 7 nitrogen and oxygen atoms in total. The molecule has 160 valence electrons. The lowest BCUT2D eigenvalue weighted by Crippen LogP contribution is -2.33. The van der Waals surface area contributed by atoms with Gasteiger partial charge in [-0.25, -0.2) is 4.39 Å². The SMILES string of the molecule is [2H]c1c(NC(=O)[C@@H]2OC(C)(C)[C@@H](C)[C@H]2c2ccc(F)c(F)c2OC)ccnc1C(N)=O. The van der Waals surface area contributed by atoms with Crippen molar-refractivity contribution in [1.82, 2.24) is 4.98 Å². The number of primary amides is 1. The first-order chi connectivity index (χ1) is 14.5. The molecule has 0 aliphatic carbocycles. The third-order valence-corrected chi connectivity index (χ3v) is 5.48. The van der Waals surface area contributed by atoms with Crippen molar-refractivity contribution in [3.63, 3.8) is 0 Å². The zero-order chi connectivity index (χ0) is 23.1. The van der Waals surface area contributed by atoms with Gasteiger partial charge in [-0.3, -0.25) is 14.6 Å². The van der Waals surface area contributed by atoms with Crippen LogP contribution in [-0.2, 0) is 9.53 Å². The minimum atomic E-state index is -1.15. The summed E-state index contributed by atoms with van der Waals surface area (Å²) in [7, 11) is 1.22. The van der Waals surface area contributed by atoms with Gasteiger partial charge in [0.2, 0.25) is 5.82 Å². The molecule has 9 heteroatoms. The predicted octanol–water partition coefficient (Wildman–Crippen LogP) is 3.00. The number of carbonyl (C=O) groups excluding carboxylic acids is 2. The predicted molar refractivity (Wildman–Crippen MR) is 105 cm³/mol. The van der Waals surface area contributed by atoms with E-state index in [1.165, 1.54) is 25.4 Å². The van der Waals surface area contributed by atoms with E-state index >= 15 is 0 Å². The second-order valence-electron chi connectivity index (χ2n) is 7.63. The molecule has 2 heterocycles. The van der Waals surface area contributed by atoms with Crippen molar-refractivity contribution in [2.24, 2.45) is 11.7 Å². The molecule has 2 aromatic rings. The highest BCUT2D eigenvalue weighted by Crippen LogP contribution is 2.49. The topological polar surface area (TPSA) is 104 Å². The lowest BCUT2D eigenvalue weighted by atomic mass is 9.78. The van der Waals surface area contributed by atoms with Crippen LogP contribution in [0.3, 0.4) is 0 Å². The van der Waals surface area contributed by atoms with Gasteiger partial charge in [0, 0.05) is 23.4 Å². The summed E-state index contributed by atoms with van der Waals surface area (Å²) >= 11 is 0. The van der Waals surface area contributed by atoms with Crippen LogP contribution < -0.4 is 15.8 Å². The Morgan fingerprint density at radius 3 is 2.67 bits per heavy atom. The monoisotopic (exact) mass is 420 g/mol. The van der Waals surface area contributed by atoms with Crippen LogP contribution in [-0.4, -0.2) is 35.6 Å². The summed E-state index contributed by atoms with van der Waals surface area (Å²) in [6.07, 6.45) is 0.138. The van der Waals surface area contributed by atoms with Crippen LogP contribution in [0, 0.1) is 17.6 Å². The molecule has 0 bridgehead atoms. The summed E-state index contributed by atoms with van der Waals surface area (Å²) in [5, 5.41) is 2.56. The summed E-state index contributed by atoms with van der Waals surface area (Å²) in [4.78, 5) is 28.3. The maximum Gasteiger partial charge on any atom is 0.267 e. The van der Waals surface area contributed by atoms with E-state index < -0.39 is 41.1 Å². The largest absolute Gasteiger partial charge is 0.493 e. The molecule has 3 N–H and O–H groups in total. The van der Waals surface area contributed by atoms with Crippen LogP contribution in [0.15, 0.2) is 30.4 Å². The van der Waals surface area contributed by atoms with Crippen molar-refractivity contribution >= 4 is 17.5 Å². The molecular weight excluding hydrogens is 396 g/mol. The molecule has 0 spiro atoms. The molecule has 1 fully saturated rings. The van der Waals surface area contributed by atoms with Gasteiger partial charge < -0.3 is 20.5 Å². The highest BCUT2D eigenvalue weighted by atomic mass is 19.2. The molecule has 1 saturated heterocycles. The van der Waals surface area contributed by atoms with Gasteiger partial charge in [0.15, 0.2) is 11.6 Å². The van der Waals surface area contributed by atoms with Crippen LogP contribution in [0.1, 0.15) is 44.1 Å². The minimum absolute atomic E-state index is 0.0192. The van der Waals surface area contributed by atoms with Gasteiger partial charge in [-0.05, 0) is 37.9 Å². The fraction of sp³-hybridized carbons (Fsp3) is 0.381. The van der Waals surface area contributed by atoms with Crippen molar-refractivity contribution in [1.29, 1.82) is 0 Å². The van der Waals surface area contributed by atoms with Crippen LogP contribution in [0.25, 0.3) is 0 Å². The number of hydrogen-bond acceptors (Lipinski definition) is 5. The molecule has 0 unspecified atom stereocenters. The summed E-state index contributed by atoms with van der Waals surface area (Å²) in [6.45, 7) is 5.42. The van der Waals surface area contributed by atoms with Gasteiger partial charge in [0.25, 0.3) is 11.8 Å². The Morgan fingerprint density at radius 1 is 1.33 bits per heavy atom. The highest BCUT2D eigenvalue weighted by molar-refractivity contribution is 5.97. The first-order valence-electron chi connectivity index (χ1n) is 9.75. The molecule has 0 radical (unpaired) electrons. The van der Waals surface area contributed by atoms with Gasteiger partial charge in [-0.1, -0.05) is 13.0 Å². The zero-order valence-corrected chi connectivity index (χ0v) is 17.0.